The van der Waals surface area contributed by atoms with E-state index in [-0.39, 0.29) is 12.1 Å². The smallest absolute Gasteiger partial charge is 0.170 e. The molecule has 1 N–H and O–H groups in total. The maximum Gasteiger partial charge on any atom is 0.170 e. The molecule has 0 radical (unpaired) electrons. The summed E-state index contributed by atoms with van der Waals surface area (Å²) >= 11 is 7.29. The minimum atomic E-state index is -0.0220. The van der Waals surface area contributed by atoms with Crippen molar-refractivity contribution in [3.05, 3.63) is 78.3 Å². The molecule has 1 aliphatic heterocycles. The van der Waals surface area contributed by atoms with E-state index in [2.05, 4.69) is 40.3 Å². The fourth-order valence-corrected chi connectivity index (χ4v) is 4.57. The summed E-state index contributed by atoms with van der Waals surface area (Å²) in [5.41, 5.74) is 0.975. The Hall–Kier alpha value is -2.31. The van der Waals surface area contributed by atoms with Gasteiger partial charge in [-0.3, -0.25) is 4.98 Å². The first-order valence-electron chi connectivity index (χ1n) is 9.57. The average Bonchev–Trinajstić information content (AvgIpc) is 3.31. The third-order valence-electron chi connectivity index (χ3n) is 4.81. The molecule has 0 unspecified atom stereocenters. The van der Waals surface area contributed by atoms with Crippen molar-refractivity contribution in [3.8, 4) is 0 Å². The molecule has 1 saturated heterocycles. The number of furan rings is 1. The van der Waals surface area contributed by atoms with E-state index >= 15 is 0 Å². The zero-order valence-corrected chi connectivity index (χ0v) is 17.4. The maximum absolute atomic E-state index is 6.28. The molecule has 1 fully saturated rings. The van der Waals surface area contributed by atoms with Gasteiger partial charge in [0.15, 0.2) is 10.2 Å². The molecule has 1 aliphatic rings. The lowest BCUT2D eigenvalue weighted by atomic mass is 10.0. The van der Waals surface area contributed by atoms with Crippen LogP contribution in [0.4, 0.5) is 0 Å². The Labute approximate surface area is 175 Å². The van der Waals surface area contributed by atoms with Crippen LogP contribution in [0.2, 0.25) is 0 Å². The molecular weight excluding hydrogens is 386 g/mol. The summed E-state index contributed by atoms with van der Waals surface area (Å²) in [7, 11) is 0. The van der Waals surface area contributed by atoms with Crippen molar-refractivity contribution in [2.75, 3.05) is 6.54 Å². The Bertz CT molecular complexity index is 914. The van der Waals surface area contributed by atoms with Crippen molar-refractivity contribution < 1.29 is 4.42 Å². The van der Waals surface area contributed by atoms with Crippen LogP contribution in [-0.4, -0.2) is 21.5 Å². The van der Waals surface area contributed by atoms with Crippen LogP contribution in [0, 0.1) is 0 Å². The van der Waals surface area contributed by atoms with Gasteiger partial charge in [-0.2, -0.15) is 0 Å². The van der Waals surface area contributed by atoms with Crippen LogP contribution in [0.25, 0.3) is 0 Å². The van der Waals surface area contributed by atoms with Crippen LogP contribution < -0.4 is 5.32 Å². The van der Waals surface area contributed by atoms with Crippen molar-refractivity contribution >= 4 is 29.1 Å². The van der Waals surface area contributed by atoms with Gasteiger partial charge in [0.1, 0.15) is 11.8 Å². The van der Waals surface area contributed by atoms with Crippen LogP contribution in [-0.2, 0) is 0 Å². The molecule has 0 aliphatic carbocycles. The second kappa shape index (κ2) is 8.80. The van der Waals surface area contributed by atoms with E-state index < -0.39 is 0 Å². The monoisotopic (exact) mass is 409 g/mol. The van der Waals surface area contributed by atoms with Crippen molar-refractivity contribution in [1.82, 2.24) is 15.2 Å². The van der Waals surface area contributed by atoms with Gasteiger partial charge in [0.05, 0.1) is 11.7 Å². The Morgan fingerprint density at radius 1 is 1.11 bits per heavy atom. The third-order valence-corrected chi connectivity index (χ3v) is 6.09. The Morgan fingerprint density at radius 2 is 1.93 bits per heavy atom. The number of unbranched alkanes of at least 4 members (excludes halogenated alkanes) is 1. The number of hydrogen-bond acceptors (Lipinski definition) is 4. The molecule has 3 aromatic rings. The Morgan fingerprint density at radius 3 is 2.68 bits per heavy atom. The van der Waals surface area contributed by atoms with Gasteiger partial charge in [0.25, 0.3) is 0 Å². The van der Waals surface area contributed by atoms with Gasteiger partial charge in [0.2, 0.25) is 0 Å². The third kappa shape index (κ3) is 4.08. The van der Waals surface area contributed by atoms with Crippen molar-refractivity contribution in [1.29, 1.82) is 0 Å². The largest absolute Gasteiger partial charge is 0.452 e. The van der Waals surface area contributed by atoms with E-state index in [0.29, 0.717) is 0 Å². The lowest BCUT2D eigenvalue weighted by molar-refractivity contribution is 0.257. The van der Waals surface area contributed by atoms with Gasteiger partial charge >= 0.3 is 0 Å². The average molecular weight is 410 g/mol. The highest BCUT2D eigenvalue weighted by Gasteiger charge is 2.41. The molecule has 3 heterocycles. The van der Waals surface area contributed by atoms with Crippen LogP contribution in [0.5, 0.6) is 0 Å². The Kier molecular flexibility index (Phi) is 5.98. The van der Waals surface area contributed by atoms with Crippen LogP contribution in [0.3, 0.4) is 0 Å². The molecule has 0 amide bonds. The fraction of sp³-hybridized carbons (Fsp3) is 0.273. The Balaban J connectivity index is 1.63. The first kappa shape index (κ1) is 19.0. The summed E-state index contributed by atoms with van der Waals surface area (Å²) in [6.07, 6.45) is 4.03. The lowest BCUT2D eigenvalue weighted by Crippen LogP contribution is -2.30. The van der Waals surface area contributed by atoms with Crippen molar-refractivity contribution in [2.24, 2.45) is 0 Å². The lowest BCUT2D eigenvalue weighted by Gasteiger charge is -2.25. The number of nitrogens with one attached hydrogen (secondary N) is 1. The highest BCUT2D eigenvalue weighted by Crippen LogP contribution is 2.41. The van der Waals surface area contributed by atoms with Gasteiger partial charge in [-0.05, 0) is 55.0 Å². The van der Waals surface area contributed by atoms with Gasteiger partial charge in [0, 0.05) is 17.6 Å². The van der Waals surface area contributed by atoms with E-state index in [4.69, 9.17) is 16.6 Å². The molecule has 2 aromatic heterocycles. The van der Waals surface area contributed by atoms with E-state index in [9.17, 15) is 0 Å². The van der Waals surface area contributed by atoms with Crippen molar-refractivity contribution in [3.63, 3.8) is 0 Å². The second-order valence-electron chi connectivity index (χ2n) is 6.75. The maximum atomic E-state index is 6.28. The number of pyridine rings is 1. The summed E-state index contributed by atoms with van der Waals surface area (Å²) < 4.78 is 6.28. The standard InChI is InChI=1S/C22H23N3OS2/c1-2-3-15-25-21(20(24-22(25)27)17-11-7-8-14-23-17)18-12-13-19(26-18)28-16-9-5-4-6-10-16/h4-14,20-21H,2-3,15H2,1H3,(H,24,27)/t20-,21+/m1/s1. The molecule has 0 spiro atoms. The van der Waals surface area contributed by atoms with Gasteiger partial charge in [-0.25, -0.2) is 0 Å². The SMILES string of the molecule is CCCCN1C(=S)N[C@H](c2ccccn2)[C@@H]1c1ccc(Sc2ccccc2)o1. The fourth-order valence-electron chi connectivity index (χ4n) is 3.44. The second-order valence-corrected chi connectivity index (χ2v) is 8.21. The number of aromatic nitrogens is 1. The normalized spacial score (nSPS) is 19.0. The first-order chi connectivity index (χ1) is 13.8. The minimum Gasteiger partial charge on any atom is -0.452 e. The first-order valence-corrected chi connectivity index (χ1v) is 10.8. The molecule has 1 aromatic carbocycles. The highest BCUT2D eigenvalue weighted by atomic mass is 32.2. The number of hydrogen-bond donors (Lipinski definition) is 1. The molecule has 144 valence electrons. The van der Waals surface area contributed by atoms with E-state index in [1.807, 2.05) is 48.7 Å². The molecule has 0 bridgehead atoms. The summed E-state index contributed by atoms with van der Waals surface area (Å²) in [4.78, 5) is 7.97. The zero-order valence-electron chi connectivity index (χ0n) is 15.7. The molecule has 6 heteroatoms. The van der Waals surface area contributed by atoms with Gasteiger partial charge in [-0.1, -0.05) is 49.4 Å². The quantitative estimate of drug-likeness (QED) is 0.512. The molecular formula is C22H23N3OS2. The van der Waals surface area contributed by atoms with Crippen molar-refractivity contribution in [2.45, 2.75) is 41.8 Å². The summed E-state index contributed by atoms with van der Waals surface area (Å²) in [5.74, 6) is 0.914. The van der Waals surface area contributed by atoms with E-state index in [1.165, 1.54) is 0 Å². The number of thiocarbonyl (C=S) groups is 1. The van der Waals surface area contributed by atoms with Gasteiger partial charge < -0.3 is 14.6 Å². The summed E-state index contributed by atoms with van der Waals surface area (Å²) in [6, 6.07) is 20.3. The molecule has 0 saturated carbocycles. The van der Waals surface area contributed by atoms with Crippen LogP contribution in [0.1, 0.15) is 43.3 Å². The number of rotatable bonds is 7. The van der Waals surface area contributed by atoms with Gasteiger partial charge in [-0.15, -0.1) is 0 Å². The van der Waals surface area contributed by atoms with Crippen LogP contribution in [0.15, 0.2) is 81.3 Å². The minimum absolute atomic E-state index is 0.000858. The zero-order chi connectivity index (χ0) is 19.3. The number of nitrogens with zero attached hydrogens (tertiary/aromatic N) is 2. The highest BCUT2D eigenvalue weighted by molar-refractivity contribution is 7.99. The summed E-state index contributed by atoms with van der Waals surface area (Å²) in [6.45, 7) is 3.09. The number of benzene rings is 1. The van der Waals surface area contributed by atoms with E-state index in [0.717, 1.165) is 45.9 Å². The summed E-state index contributed by atoms with van der Waals surface area (Å²) in [5, 5.41) is 5.11. The van der Waals surface area contributed by atoms with E-state index in [1.54, 1.807) is 11.8 Å². The molecule has 28 heavy (non-hydrogen) atoms. The topological polar surface area (TPSA) is 41.3 Å². The predicted molar refractivity (Wildman–Crippen MR) is 116 cm³/mol. The molecule has 4 rings (SSSR count). The molecule has 2 atom stereocenters. The van der Waals surface area contributed by atoms with Crippen LogP contribution >= 0.6 is 24.0 Å². The molecule has 4 nitrogen and oxygen atoms in total. The predicted octanol–water partition coefficient (Wildman–Crippen LogP) is 5.60.